The van der Waals surface area contributed by atoms with Gasteiger partial charge in [0.15, 0.2) is 11.5 Å². The Labute approximate surface area is 191 Å². The van der Waals surface area contributed by atoms with E-state index in [0.29, 0.717) is 62.1 Å². The molecule has 1 aromatic heterocycles. The number of hydrogen-bond acceptors (Lipinski definition) is 8. The zero-order valence-corrected chi connectivity index (χ0v) is 18.1. The number of aliphatic hydroxyl groups is 1. The van der Waals surface area contributed by atoms with Crippen LogP contribution in [0.2, 0.25) is 0 Å². The Morgan fingerprint density at radius 1 is 1.03 bits per heavy atom. The molecule has 9 heteroatoms. The quantitative estimate of drug-likeness (QED) is 0.416. The Balaban J connectivity index is 1.52. The van der Waals surface area contributed by atoms with Crippen molar-refractivity contribution in [2.45, 2.75) is 6.04 Å². The van der Waals surface area contributed by atoms with Crippen LogP contribution in [0.5, 0.6) is 11.5 Å². The summed E-state index contributed by atoms with van der Waals surface area (Å²) in [4.78, 5) is 34.1. The molecule has 1 N–H and O–H groups in total. The molecule has 172 valence electrons. The summed E-state index contributed by atoms with van der Waals surface area (Å²) in [5.41, 5.74) is 1.10. The van der Waals surface area contributed by atoms with Crippen LogP contribution in [0.25, 0.3) is 5.76 Å². The molecule has 0 unspecified atom stereocenters. The van der Waals surface area contributed by atoms with Crippen molar-refractivity contribution < 1.29 is 28.9 Å². The van der Waals surface area contributed by atoms with E-state index in [1.165, 1.54) is 4.90 Å². The molecule has 9 nitrogen and oxygen atoms in total. The van der Waals surface area contributed by atoms with Gasteiger partial charge in [0.2, 0.25) is 0 Å². The molecule has 2 aromatic rings. The number of likely N-dealkylation sites (tertiary alicyclic amines) is 1. The summed E-state index contributed by atoms with van der Waals surface area (Å²) in [6.45, 7) is 4.66. The molecule has 5 rings (SSSR count). The zero-order valence-electron chi connectivity index (χ0n) is 18.1. The molecule has 2 saturated heterocycles. The highest BCUT2D eigenvalue weighted by Gasteiger charge is 2.46. The van der Waals surface area contributed by atoms with Gasteiger partial charge in [0.25, 0.3) is 11.7 Å². The molecular formula is C24H25N3O6. The van der Waals surface area contributed by atoms with Gasteiger partial charge < -0.3 is 24.2 Å². The summed E-state index contributed by atoms with van der Waals surface area (Å²) in [7, 11) is 0. The van der Waals surface area contributed by atoms with Gasteiger partial charge in [0.05, 0.1) is 24.8 Å². The lowest BCUT2D eigenvalue weighted by Crippen LogP contribution is -2.42. The lowest BCUT2D eigenvalue weighted by Gasteiger charge is -2.30. The fourth-order valence-electron chi connectivity index (χ4n) is 4.41. The minimum atomic E-state index is -0.729. The third-order valence-electron chi connectivity index (χ3n) is 6.12. The van der Waals surface area contributed by atoms with Crippen molar-refractivity contribution in [1.82, 2.24) is 14.8 Å². The van der Waals surface area contributed by atoms with Crippen molar-refractivity contribution in [2.24, 2.45) is 0 Å². The predicted octanol–water partition coefficient (Wildman–Crippen LogP) is 1.61. The minimum absolute atomic E-state index is 0.0478. The number of nitrogens with zero attached hydrogens (tertiary/aromatic N) is 3. The van der Waals surface area contributed by atoms with E-state index in [2.05, 4.69) is 9.88 Å². The molecule has 1 atom stereocenters. The van der Waals surface area contributed by atoms with Crippen molar-refractivity contribution >= 4 is 17.4 Å². The van der Waals surface area contributed by atoms with Crippen LogP contribution in [0.4, 0.5) is 0 Å². The number of ether oxygens (including phenoxy) is 3. The average Bonchev–Trinajstić information content (AvgIpc) is 3.12. The summed E-state index contributed by atoms with van der Waals surface area (Å²) >= 11 is 0. The Bertz CT molecular complexity index is 1080. The van der Waals surface area contributed by atoms with Crippen LogP contribution in [-0.2, 0) is 14.3 Å². The monoisotopic (exact) mass is 451 g/mol. The van der Waals surface area contributed by atoms with E-state index < -0.39 is 17.7 Å². The van der Waals surface area contributed by atoms with Crippen LogP contribution in [0.3, 0.4) is 0 Å². The maximum Gasteiger partial charge on any atom is 0.295 e. The van der Waals surface area contributed by atoms with Gasteiger partial charge in [-0.1, -0.05) is 6.07 Å². The van der Waals surface area contributed by atoms with Gasteiger partial charge in [0.1, 0.15) is 19.0 Å². The van der Waals surface area contributed by atoms with E-state index in [-0.39, 0.29) is 11.3 Å². The second-order valence-electron chi connectivity index (χ2n) is 8.09. The van der Waals surface area contributed by atoms with Crippen LogP contribution in [0.15, 0.2) is 48.3 Å². The summed E-state index contributed by atoms with van der Waals surface area (Å²) in [5.74, 6) is -0.514. The molecule has 4 heterocycles. The average molecular weight is 451 g/mol. The molecule has 0 aliphatic carbocycles. The third-order valence-corrected chi connectivity index (χ3v) is 6.12. The third kappa shape index (κ3) is 4.17. The van der Waals surface area contributed by atoms with E-state index in [1.807, 2.05) is 6.07 Å². The fourth-order valence-corrected chi connectivity index (χ4v) is 4.41. The largest absolute Gasteiger partial charge is 0.507 e. The van der Waals surface area contributed by atoms with Gasteiger partial charge in [-0.15, -0.1) is 0 Å². The maximum atomic E-state index is 13.1. The number of aliphatic hydroxyl groups excluding tert-OH is 1. The molecular weight excluding hydrogens is 426 g/mol. The SMILES string of the molecule is O=C1C(=O)N(CCN2CCOCC2)[C@@H](c2cccnc2)C1=C(O)c1ccc2c(c1)OCCO2. The number of hydrogen-bond donors (Lipinski definition) is 1. The van der Waals surface area contributed by atoms with Gasteiger partial charge in [-0.05, 0) is 29.8 Å². The van der Waals surface area contributed by atoms with Crippen LogP contribution in [0, 0.1) is 0 Å². The first-order valence-corrected chi connectivity index (χ1v) is 11.0. The summed E-state index contributed by atoms with van der Waals surface area (Å²) in [6.07, 6.45) is 3.25. The number of carbonyl (C=O) groups is 2. The van der Waals surface area contributed by atoms with Crippen molar-refractivity contribution in [1.29, 1.82) is 0 Å². The molecule has 0 radical (unpaired) electrons. The van der Waals surface area contributed by atoms with Crippen LogP contribution in [0.1, 0.15) is 17.2 Å². The lowest BCUT2D eigenvalue weighted by molar-refractivity contribution is -0.140. The van der Waals surface area contributed by atoms with Crippen molar-refractivity contribution in [3.63, 3.8) is 0 Å². The summed E-state index contributed by atoms with van der Waals surface area (Å²) in [5, 5.41) is 11.2. The Morgan fingerprint density at radius 3 is 2.58 bits per heavy atom. The second kappa shape index (κ2) is 9.21. The first kappa shape index (κ1) is 21.4. The highest BCUT2D eigenvalue weighted by Crippen LogP contribution is 2.40. The highest BCUT2D eigenvalue weighted by atomic mass is 16.6. The number of benzene rings is 1. The van der Waals surface area contributed by atoms with E-state index in [9.17, 15) is 14.7 Å². The second-order valence-corrected chi connectivity index (χ2v) is 8.09. The summed E-state index contributed by atoms with van der Waals surface area (Å²) < 4.78 is 16.6. The molecule has 3 aliphatic rings. The van der Waals surface area contributed by atoms with Crippen molar-refractivity contribution in [2.75, 3.05) is 52.6 Å². The molecule has 0 bridgehead atoms. The first-order valence-electron chi connectivity index (χ1n) is 11.0. The Kier molecular flexibility index (Phi) is 5.97. The summed E-state index contributed by atoms with van der Waals surface area (Å²) in [6, 6.07) is 7.81. The molecule has 0 saturated carbocycles. The van der Waals surface area contributed by atoms with Gasteiger partial charge >= 0.3 is 0 Å². The highest BCUT2D eigenvalue weighted by molar-refractivity contribution is 6.46. The molecule has 33 heavy (non-hydrogen) atoms. The minimum Gasteiger partial charge on any atom is -0.507 e. The number of ketones is 1. The molecule has 3 aliphatic heterocycles. The number of morpholine rings is 1. The topological polar surface area (TPSA) is 101 Å². The first-order chi connectivity index (χ1) is 16.1. The number of fused-ring (bicyclic) bond motifs is 1. The van der Waals surface area contributed by atoms with E-state index in [4.69, 9.17) is 14.2 Å². The lowest BCUT2D eigenvalue weighted by atomic mass is 9.96. The zero-order chi connectivity index (χ0) is 22.8. The molecule has 1 amide bonds. The van der Waals surface area contributed by atoms with E-state index in [0.717, 1.165) is 13.1 Å². The van der Waals surface area contributed by atoms with Gasteiger partial charge in [-0.3, -0.25) is 19.5 Å². The molecule has 1 aromatic carbocycles. The number of rotatable bonds is 5. The number of carbonyl (C=O) groups excluding carboxylic acids is 2. The van der Waals surface area contributed by atoms with Crippen LogP contribution < -0.4 is 9.47 Å². The molecule has 0 spiro atoms. The smallest absolute Gasteiger partial charge is 0.295 e. The van der Waals surface area contributed by atoms with Gasteiger partial charge in [0, 0.05) is 44.1 Å². The Morgan fingerprint density at radius 2 is 1.82 bits per heavy atom. The van der Waals surface area contributed by atoms with E-state index >= 15 is 0 Å². The number of pyridine rings is 1. The normalized spacial score (nSPS) is 22.5. The van der Waals surface area contributed by atoms with Crippen molar-refractivity contribution in [3.05, 3.63) is 59.4 Å². The fraction of sp³-hybridized carbons (Fsp3) is 0.375. The number of amides is 1. The van der Waals surface area contributed by atoms with Crippen LogP contribution in [-0.4, -0.2) is 84.2 Å². The van der Waals surface area contributed by atoms with Crippen molar-refractivity contribution in [3.8, 4) is 11.5 Å². The maximum absolute atomic E-state index is 13.1. The van der Waals surface area contributed by atoms with E-state index in [1.54, 1.807) is 36.7 Å². The predicted molar refractivity (Wildman–Crippen MR) is 118 cm³/mol. The Hall–Kier alpha value is -3.43. The number of aromatic nitrogens is 1. The standard InChI is InChI=1S/C24H25N3O6/c28-22(16-3-4-18-19(14-16)33-13-12-32-18)20-21(17-2-1-5-25-15-17)27(24(30)23(20)29)7-6-26-8-10-31-11-9-26/h1-5,14-15,21,28H,6-13H2/t21-/m0/s1. The van der Waals surface area contributed by atoms with Gasteiger partial charge in [-0.2, -0.15) is 0 Å². The number of Topliss-reactive ketones (excluding diaryl/α,β-unsaturated/α-hetero) is 1. The molecule has 2 fully saturated rings. The van der Waals surface area contributed by atoms with Crippen LogP contribution >= 0.6 is 0 Å². The van der Waals surface area contributed by atoms with Gasteiger partial charge in [-0.25, -0.2) is 0 Å².